The number of sulfonamides is 1. The highest BCUT2D eigenvalue weighted by Crippen LogP contribution is 2.04. The summed E-state index contributed by atoms with van der Waals surface area (Å²) in [6.07, 6.45) is 3.84. The SMILES string of the molecule is CCNC(=NCCNS(=O)(=O)c1cccnc1)NC(C)CC.I. The first kappa shape index (κ1) is 22.1. The average molecular weight is 455 g/mol. The summed E-state index contributed by atoms with van der Waals surface area (Å²) in [6.45, 7) is 7.48. The van der Waals surface area contributed by atoms with Crippen LogP contribution in [0, 0.1) is 0 Å². The molecule has 0 fully saturated rings. The van der Waals surface area contributed by atoms with Crippen LogP contribution in [0.3, 0.4) is 0 Å². The van der Waals surface area contributed by atoms with E-state index in [4.69, 9.17) is 0 Å². The Morgan fingerprint density at radius 2 is 2.13 bits per heavy atom. The van der Waals surface area contributed by atoms with E-state index in [0.29, 0.717) is 18.5 Å². The molecule has 0 aromatic carbocycles. The third-order valence-electron chi connectivity index (χ3n) is 2.96. The van der Waals surface area contributed by atoms with E-state index in [1.807, 2.05) is 6.92 Å². The first-order chi connectivity index (χ1) is 10.5. The first-order valence-corrected chi connectivity index (χ1v) is 8.92. The second-order valence-electron chi connectivity index (χ2n) is 4.80. The molecular weight excluding hydrogens is 429 g/mol. The number of aromatic nitrogens is 1. The minimum absolute atomic E-state index is 0. The first-order valence-electron chi connectivity index (χ1n) is 7.44. The number of nitrogens with zero attached hydrogens (tertiary/aromatic N) is 2. The summed E-state index contributed by atoms with van der Waals surface area (Å²) in [6, 6.07) is 3.41. The number of aliphatic imine (C=N–C) groups is 1. The number of hydrogen-bond acceptors (Lipinski definition) is 4. The maximum Gasteiger partial charge on any atom is 0.242 e. The topological polar surface area (TPSA) is 95.5 Å². The predicted octanol–water partition coefficient (Wildman–Crippen LogP) is 1.33. The van der Waals surface area contributed by atoms with Crippen molar-refractivity contribution in [3.63, 3.8) is 0 Å². The molecule has 0 saturated carbocycles. The fourth-order valence-corrected chi connectivity index (χ4v) is 2.58. The van der Waals surface area contributed by atoms with Crippen molar-refractivity contribution in [2.24, 2.45) is 4.99 Å². The molecule has 1 unspecified atom stereocenters. The molecule has 1 atom stereocenters. The fraction of sp³-hybridized carbons (Fsp3) is 0.571. The molecule has 0 bridgehead atoms. The van der Waals surface area contributed by atoms with Crippen LogP contribution in [0.1, 0.15) is 27.2 Å². The van der Waals surface area contributed by atoms with E-state index in [2.05, 4.69) is 39.2 Å². The number of guanidine groups is 1. The van der Waals surface area contributed by atoms with Crippen LogP contribution >= 0.6 is 24.0 Å². The molecule has 0 spiro atoms. The predicted molar refractivity (Wildman–Crippen MR) is 104 cm³/mol. The van der Waals surface area contributed by atoms with Gasteiger partial charge in [0, 0.05) is 31.5 Å². The maximum absolute atomic E-state index is 12.0. The highest BCUT2D eigenvalue weighted by atomic mass is 127. The van der Waals surface area contributed by atoms with Crippen LogP contribution in [0.5, 0.6) is 0 Å². The normalized spacial score (nSPS) is 13.1. The lowest BCUT2D eigenvalue weighted by atomic mass is 10.3. The van der Waals surface area contributed by atoms with Crippen LogP contribution in [-0.2, 0) is 10.0 Å². The van der Waals surface area contributed by atoms with Crippen LogP contribution < -0.4 is 15.4 Å². The Labute approximate surface area is 155 Å². The number of rotatable bonds is 8. The molecule has 9 heteroatoms. The van der Waals surface area contributed by atoms with Crippen molar-refractivity contribution < 1.29 is 8.42 Å². The molecular formula is C14H26IN5O2S. The van der Waals surface area contributed by atoms with Gasteiger partial charge in [0.1, 0.15) is 4.90 Å². The van der Waals surface area contributed by atoms with Gasteiger partial charge in [0.25, 0.3) is 0 Å². The van der Waals surface area contributed by atoms with Gasteiger partial charge in [-0.15, -0.1) is 24.0 Å². The van der Waals surface area contributed by atoms with Gasteiger partial charge in [-0.3, -0.25) is 9.98 Å². The van der Waals surface area contributed by atoms with Crippen LogP contribution in [0.25, 0.3) is 0 Å². The molecule has 0 saturated heterocycles. The quantitative estimate of drug-likeness (QED) is 0.238. The fourth-order valence-electron chi connectivity index (χ4n) is 1.59. The second kappa shape index (κ2) is 11.6. The summed E-state index contributed by atoms with van der Waals surface area (Å²) in [5.74, 6) is 0.692. The van der Waals surface area contributed by atoms with Crippen molar-refractivity contribution in [1.29, 1.82) is 0 Å². The number of halogens is 1. The zero-order valence-corrected chi connectivity index (χ0v) is 16.9. The van der Waals surface area contributed by atoms with E-state index in [1.165, 1.54) is 18.5 Å². The summed E-state index contributed by atoms with van der Waals surface area (Å²) in [7, 11) is -3.52. The summed E-state index contributed by atoms with van der Waals surface area (Å²) in [5, 5.41) is 6.38. The van der Waals surface area contributed by atoms with Gasteiger partial charge in [-0.2, -0.15) is 0 Å². The average Bonchev–Trinajstić information content (AvgIpc) is 2.52. The van der Waals surface area contributed by atoms with E-state index in [9.17, 15) is 8.42 Å². The zero-order valence-electron chi connectivity index (χ0n) is 13.7. The van der Waals surface area contributed by atoms with Crippen molar-refractivity contribution >= 4 is 40.0 Å². The van der Waals surface area contributed by atoms with Crippen LogP contribution in [-0.4, -0.2) is 45.0 Å². The summed E-state index contributed by atoms with van der Waals surface area (Å²) >= 11 is 0. The number of hydrogen-bond donors (Lipinski definition) is 3. The van der Waals surface area contributed by atoms with E-state index >= 15 is 0 Å². The third kappa shape index (κ3) is 8.47. The Morgan fingerprint density at radius 3 is 2.70 bits per heavy atom. The minimum Gasteiger partial charge on any atom is -0.357 e. The van der Waals surface area contributed by atoms with Gasteiger partial charge in [-0.05, 0) is 32.4 Å². The largest absolute Gasteiger partial charge is 0.357 e. The van der Waals surface area contributed by atoms with Crippen LogP contribution in [0.15, 0.2) is 34.4 Å². The van der Waals surface area contributed by atoms with Crippen molar-refractivity contribution in [3.05, 3.63) is 24.5 Å². The summed E-state index contributed by atoms with van der Waals surface area (Å²) in [5.41, 5.74) is 0. The van der Waals surface area contributed by atoms with E-state index in [0.717, 1.165) is 13.0 Å². The van der Waals surface area contributed by atoms with Gasteiger partial charge in [0.15, 0.2) is 5.96 Å². The maximum atomic E-state index is 12.0. The highest BCUT2D eigenvalue weighted by molar-refractivity contribution is 14.0. The van der Waals surface area contributed by atoms with E-state index in [1.54, 1.807) is 6.07 Å². The Balaban J connectivity index is 0.00000484. The van der Waals surface area contributed by atoms with Crippen molar-refractivity contribution in [2.75, 3.05) is 19.6 Å². The van der Waals surface area contributed by atoms with Gasteiger partial charge in [-0.25, -0.2) is 13.1 Å². The summed E-state index contributed by atoms with van der Waals surface area (Å²) in [4.78, 5) is 8.31. The Morgan fingerprint density at radius 1 is 1.39 bits per heavy atom. The molecule has 1 aromatic rings. The molecule has 0 aliphatic heterocycles. The molecule has 0 aliphatic carbocycles. The molecule has 7 nitrogen and oxygen atoms in total. The standard InChI is InChI=1S/C14H25N5O2S.HI/c1-4-12(3)19-14(16-5-2)17-9-10-18-22(20,21)13-7-6-8-15-11-13;/h6-8,11-12,18H,4-5,9-10H2,1-3H3,(H2,16,17,19);1H. The lowest BCUT2D eigenvalue weighted by molar-refractivity contribution is 0.581. The smallest absolute Gasteiger partial charge is 0.242 e. The summed E-state index contributed by atoms with van der Waals surface area (Å²) < 4.78 is 26.5. The van der Waals surface area contributed by atoms with E-state index < -0.39 is 10.0 Å². The monoisotopic (exact) mass is 455 g/mol. The Hall–Kier alpha value is -0.940. The van der Waals surface area contributed by atoms with Gasteiger partial charge in [0.05, 0.1) is 6.54 Å². The van der Waals surface area contributed by atoms with Crippen LogP contribution in [0.2, 0.25) is 0 Å². The van der Waals surface area contributed by atoms with Crippen molar-refractivity contribution in [2.45, 2.75) is 38.1 Å². The molecule has 1 heterocycles. The van der Waals surface area contributed by atoms with Gasteiger partial charge in [0.2, 0.25) is 10.0 Å². The van der Waals surface area contributed by atoms with E-state index in [-0.39, 0.29) is 35.4 Å². The highest BCUT2D eigenvalue weighted by Gasteiger charge is 2.12. The van der Waals surface area contributed by atoms with Gasteiger partial charge in [-0.1, -0.05) is 6.92 Å². The van der Waals surface area contributed by atoms with Crippen molar-refractivity contribution in [3.8, 4) is 0 Å². The molecule has 3 N–H and O–H groups in total. The lowest BCUT2D eigenvalue weighted by Gasteiger charge is -2.16. The second-order valence-corrected chi connectivity index (χ2v) is 6.57. The number of nitrogens with one attached hydrogen (secondary N) is 3. The zero-order chi connectivity index (χ0) is 16.4. The lowest BCUT2D eigenvalue weighted by Crippen LogP contribution is -2.42. The minimum atomic E-state index is -3.52. The molecule has 0 radical (unpaired) electrons. The molecule has 132 valence electrons. The molecule has 1 rings (SSSR count). The molecule has 0 amide bonds. The van der Waals surface area contributed by atoms with Crippen LogP contribution in [0.4, 0.5) is 0 Å². The molecule has 23 heavy (non-hydrogen) atoms. The van der Waals surface area contributed by atoms with Crippen molar-refractivity contribution in [1.82, 2.24) is 20.3 Å². The third-order valence-corrected chi connectivity index (χ3v) is 4.40. The molecule has 1 aromatic heterocycles. The number of pyridine rings is 1. The Bertz CT molecular complexity index is 566. The van der Waals surface area contributed by atoms with Gasteiger partial charge < -0.3 is 10.6 Å². The Kier molecular flexibility index (Phi) is 11.1. The van der Waals surface area contributed by atoms with Gasteiger partial charge >= 0.3 is 0 Å². The molecule has 0 aliphatic rings.